The first-order chi connectivity index (χ1) is 9.31. The average Bonchev–Trinajstić information content (AvgIpc) is 2.47. The Morgan fingerprint density at radius 1 is 1.53 bits per heavy atom. The van der Waals surface area contributed by atoms with Gasteiger partial charge in [-0.1, -0.05) is 19.1 Å². The topological polar surface area (TPSA) is 59.6 Å². The van der Waals surface area contributed by atoms with E-state index in [0.717, 1.165) is 13.0 Å². The van der Waals surface area contributed by atoms with Gasteiger partial charge in [-0.05, 0) is 18.6 Å². The van der Waals surface area contributed by atoms with E-state index in [1.165, 1.54) is 0 Å². The molecule has 1 aliphatic rings. The van der Waals surface area contributed by atoms with E-state index >= 15 is 0 Å². The Hall–Kier alpha value is -1.59. The van der Waals surface area contributed by atoms with Crippen LogP contribution in [0, 0.1) is 0 Å². The molecular formula is C14H20N2O3. The van der Waals surface area contributed by atoms with Crippen molar-refractivity contribution in [1.29, 1.82) is 0 Å². The number of carbonyl (C=O) groups is 1. The summed E-state index contributed by atoms with van der Waals surface area (Å²) in [6.45, 7) is 4.58. The predicted molar refractivity (Wildman–Crippen MR) is 73.5 cm³/mol. The van der Waals surface area contributed by atoms with Crippen molar-refractivity contribution in [3.05, 3.63) is 24.3 Å². The first kappa shape index (κ1) is 13.8. The number of amides is 1. The maximum atomic E-state index is 12.1. The van der Waals surface area contributed by atoms with Crippen molar-refractivity contribution in [2.45, 2.75) is 19.4 Å². The molecule has 0 bridgehead atoms. The fourth-order valence-electron chi connectivity index (χ4n) is 1.85. The second-order valence-corrected chi connectivity index (χ2v) is 4.40. The van der Waals surface area contributed by atoms with Crippen molar-refractivity contribution in [3.8, 4) is 5.75 Å². The molecule has 1 unspecified atom stereocenters. The van der Waals surface area contributed by atoms with Crippen molar-refractivity contribution in [1.82, 2.24) is 5.32 Å². The summed E-state index contributed by atoms with van der Waals surface area (Å²) in [4.78, 5) is 12.1. The summed E-state index contributed by atoms with van der Waals surface area (Å²) in [5, 5.41) is 5.99. The lowest BCUT2D eigenvalue weighted by atomic mass is 10.2. The molecule has 0 saturated carbocycles. The average molecular weight is 264 g/mol. The standard InChI is InChI=1S/C14H20N2O3/c1-2-8-18-12-6-4-3-5-11(12)16-14(17)13-10-15-7-9-19-13/h3-6,13,15H,2,7-10H2,1H3,(H,16,17). The highest BCUT2D eigenvalue weighted by molar-refractivity contribution is 5.95. The van der Waals surface area contributed by atoms with Gasteiger partial charge in [-0.15, -0.1) is 0 Å². The van der Waals surface area contributed by atoms with Gasteiger partial charge in [-0.3, -0.25) is 4.79 Å². The number of nitrogens with one attached hydrogen (secondary N) is 2. The van der Waals surface area contributed by atoms with E-state index in [-0.39, 0.29) is 5.91 Å². The van der Waals surface area contributed by atoms with Crippen molar-refractivity contribution < 1.29 is 14.3 Å². The van der Waals surface area contributed by atoms with Crippen LogP contribution in [0.15, 0.2) is 24.3 Å². The van der Waals surface area contributed by atoms with E-state index in [4.69, 9.17) is 9.47 Å². The SMILES string of the molecule is CCCOc1ccccc1NC(=O)C1CNCCO1. The van der Waals surface area contributed by atoms with Gasteiger partial charge in [0.25, 0.3) is 5.91 Å². The van der Waals surface area contributed by atoms with Gasteiger partial charge in [0, 0.05) is 13.1 Å². The van der Waals surface area contributed by atoms with Crippen LogP contribution in [-0.2, 0) is 9.53 Å². The minimum Gasteiger partial charge on any atom is -0.491 e. The lowest BCUT2D eigenvalue weighted by Gasteiger charge is -2.23. The zero-order valence-electron chi connectivity index (χ0n) is 11.1. The molecule has 1 aromatic rings. The molecule has 0 aromatic heterocycles. The van der Waals surface area contributed by atoms with Gasteiger partial charge in [-0.2, -0.15) is 0 Å². The minimum atomic E-state index is -0.437. The Labute approximate surface area is 113 Å². The van der Waals surface area contributed by atoms with Crippen LogP contribution in [-0.4, -0.2) is 38.3 Å². The highest BCUT2D eigenvalue weighted by Gasteiger charge is 2.22. The van der Waals surface area contributed by atoms with Gasteiger partial charge in [0.15, 0.2) is 0 Å². The summed E-state index contributed by atoms with van der Waals surface area (Å²) in [5.74, 6) is 0.557. The molecule has 2 N–H and O–H groups in total. The summed E-state index contributed by atoms with van der Waals surface area (Å²) in [5.41, 5.74) is 0.690. The highest BCUT2D eigenvalue weighted by atomic mass is 16.5. The Morgan fingerprint density at radius 3 is 3.11 bits per heavy atom. The molecule has 0 aliphatic carbocycles. The number of benzene rings is 1. The molecule has 1 atom stereocenters. The molecule has 1 amide bonds. The van der Waals surface area contributed by atoms with Gasteiger partial charge in [-0.25, -0.2) is 0 Å². The number of morpholine rings is 1. The Kier molecular flexibility index (Phi) is 5.18. The predicted octanol–water partition coefficient (Wildman–Crippen LogP) is 1.40. The quantitative estimate of drug-likeness (QED) is 0.844. The van der Waals surface area contributed by atoms with Crippen LogP contribution in [0.4, 0.5) is 5.69 Å². The number of rotatable bonds is 5. The molecule has 5 nitrogen and oxygen atoms in total. The van der Waals surface area contributed by atoms with Crippen molar-refractivity contribution in [2.75, 3.05) is 31.6 Å². The lowest BCUT2D eigenvalue weighted by molar-refractivity contribution is -0.128. The largest absolute Gasteiger partial charge is 0.491 e. The molecule has 1 aromatic carbocycles. The number of hydrogen-bond acceptors (Lipinski definition) is 4. The summed E-state index contributed by atoms with van der Waals surface area (Å²) in [6.07, 6.45) is 0.491. The van der Waals surface area contributed by atoms with Crippen molar-refractivity contribution in [2.24, 2.45) is 0 Å². The van der Waals surface area contributed by atoms with Crippen LogP contribution < -0.4 is 15.4 Å². The Morgan fingerprint density at radius 2 is 2.37 bits per heavy atom. The van der Waals surface area contributed by atoms with Crippen LogP contribution in [0.3, 0.4) is 0 Å². The maximum absolute atomic E-state index is 12.1. The smallest absolute Gasteiger partial charge is 0.254 e. The maximum Gasteiger partial charge on any atom is 0.254 e. The Balaban J connectivity index is 1.99. The number of hydrogen-bond donors (Lipinski definition) is 2. The van der Waals surface area contributed by atoms with Crippen LogP contribution in [0.5, 0.6) is 5.75 Å². The van der Waals surface area contributed by atoms with E-state index in [0.29, 0.717) is 31.2 Å². The van der Waals surface area contributed by atoms with E-state index < -0.39 is 6.10 Å². The Bertz CT molecular complexity index is 417. The first-order valence-electron chi connectivity index (χ1n) is 6.66. The first-order valence-corrected chi connectivity index (χ1v) is 6.66. The molecule has 1 saturated heterocycles. The van der Waals surface area contributed by atoms with E-state index in [2.05, 4.69) is 10.6 Å². The van der Waals surface area contributed by atoms with Crippen LogP contribution >= 0.6 is 0 Å². The molecule has 1 aliphatic heterocycles. The van der Waals surface area contributed by atoms with E-state index in [1.54, 1.807) is 0 Å². The van der Waals surface area contributed by atoms with Gasteiger partial charge in [0.2, 0.25) is 0 Å². The zero-order chi connectivity index (χ0) is 13.5. The molecule has 104 valence electrons. The number of ether oxygens (including phenoxy) is 2. The second-order valence-electron chi connectivity index (χ2n) is 4.40. The van der Waals surface area contributed by atoms with Crippen LogP contribution in [0.2, 0.25) is 0 Å². The highest BCUT2D eigenvalue weighted by Crippen LogP contribution is 2.24. The van der Waals surface area contributed by atoms with Crippen molar-refractivity contribution >= 4 is 11.6 Å². The third-order valence-electron chi connectivity index (χ3n) is 2.83. The second kappa shape index (κ2) is 7.11. The van der Waals surface area contributed by atoms with Gasteiger partial charge >= 0.3 is 0 Å². The monoisotopic (exact) mass is 264 g/mol. The molecule has 5 heteroatoms. The van der Waals surface area contributed by atoms with E-state index in [1.807, 2.05) is 31.2 Å². The summed E-state index contributed by atoms with van der Waals surface area (Å²) in [7, 11) is 0. The normalized spacial score (nSPS) is 18.9. The van der Waals surface area contributed by atoms with Gasteiger partial charge < -0.3 is 20.1 Å². The number of carbonyl (C=O) groups excluding carboxylic acids is 1. The lowest BCUT2D eigenvalue weighted by Crippen LogP contribution is -2.45. The molecule has 1 heterocycles. The summed E-state index contributed by atoms with van der Waals surface area (Å²) < 4.78 is 11.0. The third-order valence-corrected chi connectivity index (χ3v) is 2.83. The molecule has 0 radical (unpaired) electrons. The van der Waals surface area contributed by atoms with E-state index in [9.17, 15) is 4.79 Å². The van der Waals surface area contributed by atoms with Gasteiger partial charge in [0.1, 0.15) is 11.9 Å². The summed E-state index contributed by atoms with van der Waals surface area (Å²) in [6, 6.07) is 7.44. The fourth-order valence-corrected chi connectivity index (χ4v) is 1.85. The van der Waals surface area contributed by atoms with Crippen molar-refractivity contribution in [3.63, 3.8) is 0 Å². The molecule has 2 rings (SSSR count). The zero-order valence-corrected chi connectivity index (χ0v) is 11.1. The third kappa shape index (κ3) is 3.94. The fraction of sp³-hybridized carbons (Fsp3) is 0.500. The summed E-state index contributed by atoms with van der Waals surface area (Å²) >= 11 is 0. The van der Waals surface area contributed by atoms with Crippen LogP contribution in [0.1, 0.15) is 13.3 Å². The number of para-hydroxylation sites is 2. The molecule has 1 fully saturated rings. The van der Waals surface area contributed by atoms with Crippen LogP contribution in [0.25, 0.3) is 0 Å². The molecular weight excluding hydrogens is 244 g/mol. The number of anilines is 1. The van der Waals surface area contributed by atoms with Gasteiger partial charge in [0.05, 0.1) is 18.9 Å². The molecule has 0 spiro atoms. The minimum absolute atomic E-state index is 0.139. The molecule has 19 heavy (non-hydrogen) atoms.